The molecule has 1 aromatic carbocycles. The normalized spacial score (nSPS) is 11.6. The quantitative estimate of drug-likeness (QED) is 0.329. The number of benzene rings is 1. The van der Waals surface area contributed by atoms with E-state index >= 15 is 0 Å². The van der Waals surface area contributed by atoms with Crippen molar-refractivity contribution in [3.05, 3.63) is 35.1 Å². The van der Waals surface area contributed by atoms with Crippen LogP contribution in [0.5, 0.6) is 0 Å². The molecule has 136 valence electrons. The van der Waals surface area contributed by atoms with E-state index in [0.29, 0.717) is 12.1 Å². The second-order valence-electron chi connectivity index (χ2n) is 5.53. The van der Waals surface area contributed by atoms with Gasteiger partial charge in [-0.25, -0.2) is 9.38 Å². The summed E-state index contributed by atoms with van der Waals surface area (Å²) in [7, 11) is 0. The van der Waals surface area contributed by atoms with Crippen molar-refractivity contribution in [1.29, 1.82) is 0 Å². The third-order valence-electron chi connectivity index (χ3n) is 3.44. The molecule has 0 unspecified atom stereocenters. The molecular formula is C18H30FN3O2. The van der Waals surface area contributed by atoms with Gasteiger partial charge in [-0.05, 0) is 37.5 Å². The Morgan fingerprint density at radius 1 is 1.21 bits per heavy atom. The SMILES string of the molecule is CCCCOCCCNC(=NCc1ccc(F)c(CO)c1)NCC. The lowest BCUT2D eigenvalue weighted by molar-refractivity contribution is 0.129. The number of nitrogens with zero attached hydrogens (tertiary/aromatic N) is 1. The van der Waals surface area contributed by atoms with Crippen molar-refractivity contribution in [2.75, 3.05) is 26.3 Å². The Balaban J connectivity index is 2.41. The molecule has 0 saturated carbocycles. The highest BCUT2D eigenvalue weighted by Crippen LogP contribution is 2.11. The van der Waals surface area contributed by atoms with Gasteiger partial charge in [0.1, 0.15) is 5.82 Å². The summed E-state index contributed by atoms with van der Waals surface area (Å²) < 4.78 is 18.9. The molecule has 0 fully saturated rings. The van der Waals surface area contributed by atoms with E-state index in [4.69, 9.17) is 9.84 Å². The predicted molar refractivity (Wildman–Crippen MR) is 95.5 cm³/mol. The second kappa shape index (κ2) is 12.7. The molecule has 0 amide bonds. The van der Waals surface area contributed by atoms with E-state index in [1.54, 1.807) is 12.1 Å². The number of hydrogen-bond donors (Lipinski definition) is 3. The molecule has 0 atom stereocenters. The number of rotatable bonds is 11. The lowest BCUT2D eigenvalue weighted by atomic mass is 10.1. The third kappa shape index (κ3) is 8.26. The van der Waals surface area contributed by atoms with Crippen LogP contribution >= 0.6 is 0 Å². The van der Waals surface area contributed by atoms with Crippen LogP contribution in [-0.4, -0.2) is 37.4 Å². The minimum atomic E-state index is -0.390. The van der Waals surface area contributed by atoms with Gasteiger partial charge in [0.15, 0.2) is 5.96 Å². The number of aliphatic imine (C=N–C) groups is 1. The van der Waals surface area contributed by atoms with E-state index in [2.05, 4.69) is 22.5 Å². The molecule has 0 aromatic heterocycles. The summed E-state index contributed by atoms with van der Waals surface area (Å²) >= 11 is 0. The van der Waals surface area contributed by atoms with Crippen molar-refractivity contribution in [1.82, 2.24) is 10.6 Å². The summed E-state index contributed by atoms with van der Waals surface area (Å²) in [4.78, 5) is 4.49. The molecule has 1 rings (SSSR count). The van der Waals surface area contributed by atoms with Crippen molar-refractivity contribution >= 4 is 5.96 Å². The van der Waals surface area contributed by atoms with Crippen molar-refractivity contribution in [2.24, 2.45) is 4.99 Å². The van der Waals surface area contributed by atoms with Gasteiger partial charge >= 0.3 is 0 Å². The fourth-order valence-corrected chi connectivity index (χ4v) is 2.09. The number of hydrogen-bond acceptors (Lipinski definition) is 3. The molecule has 6 heteroatoms. The predicted octanol–water partition coefficient (Wildman–Crippen LogP) is 2.58. The second-order valence-corrected chi connectivity index (χ2v) is 5.53. The number of aliphatic hydroxyl groups excluding tert-OH is 1. The van der Waals surface area contributed by atoms with Crippen LogP contribution in [0.1, 0.15) is 44.2 Å². The summed E-state index contributed by atoms with van der Waals surface area (Å²) in [5.41, 5.74) is 1.16. The zero-order valence-electron chi connectivity index (χ0n) is 14.8. The van der Waals surface area contributed by atoms with E-state index in [1.165, 1.54) is 6.07 Å². The van der Waals surface area contributed by atoms with Crippen LogP contribution in [-0.2, 0) is 17.9 Å². The van der Waals surface area contributed by atoms with E-state index in [-0.39, 0.29) is 6.61 Å². The van der Waals surface area contributed by atoms with Crippen LogP contribution in [0.15, 0.2) is 23.2 Å². The summed E-state index contributed by atoms with van der Waals surface area (Å²) in [5, 5.41) is 15.5. The number of ether oxygens (including phenoxy) is 1. The fraction of sp³-hybridized carbons (Fsp3) is 0.611. The van der Waals surface area contributed by atoms with Crippen LogP contribution in [0.3, 0.4) is 0 Å². The highest BCUT2D eigenvalue weighted by molar-refractivity contribution is 5.79. The molecule has 0 heterocycles. The van der Waals surface area contributed by atoms with Crippen molar-refractivity contribution in [3.8, 4) is 0 Å². The van der Waals surface area contributed by atoms with Gasteiger partial charge in [-0.2, -0.15) is 0 Å². The summed E-state index contributed by atoms with van der Waals surface area (Å²) in [6.45, 7) is 7.39. The number of guanidine groups is 1. The van der Waals surface area contributed by atoms with Crippen LogP contribution in [0.25, 0.3) is 0 Å². The lowest BCUT2D eigenvalue weighted by Crippen LogP contribution is -2.38. The third-order valence-corrected chi connectivity index (χ3v) is 3.44. The van der Waals surface area contributed by atoms with Crippen LogP contribution < -0.4 is 10.6 Å². The van der Waals surface area contributed by atoms with Crippen LogP contribution in [0, 0.1) is 5.82 Å². The number of halogens is 1. The first kappa shape index (κ1) is 20.4. The van der Waals surface area contributed by atoms with Gasteiger partial charge in [0.25, 0.3) is 0 Å². The lowest BCUT2D eigenvalue weighted by Gasteiger charge is -2.11. The Bertz CT molecular complexity index is 495. The molecule has 0 bridgehead atoms. The molecule has 0 spiro atoms. The largest absolute Gasteiger partial charge is 0.392 e. The van der Waals surface area contributed by atoms with Gasteiger partial charge in [-0.15, -0.1) is 0 Å². The van der Waals surface area contributed by atoms with Crippen LogP contribution in [0.2, 0.25) is 0 Å². The Kier molecular flexibility index (Phi) is 10.8. The maximum atomic E-state index is 13.4. The Hall–Kier alpha value is -1.66. The molecule has 24 heavy (non-hydrogen) atoms. The highest BCUT2D eigenvalue weighted by atomic mass is 19.1. The number of aliphatic hydroxyl groups is 1. The first-order valence-electron chi connectivity index (χ1n) is 8.69. The Morgan fingerprint density at radius 2 is 2.00 bits per heavy atom. The van der Waals surface area contributed by atoms with E-state index in [1.807, 2.05) is 6.92 Å². The molecule has 0 aliphatic rings. The molecule has 5 nitrogen and oxygen atoms in total. The number of nitrogens with one attached hydrogen (secondary N) is 2. The molecule has 0 saturated heterocycles. The Morgan fingerprint density at radius 3 is 2.71 bits per heavy atom. The minimum absolute atomic E-state index is 0.296. The average molecular weight is 339 g/mol. The maximum absolute atomic E-state index is 13.4. The summed E-state index contributed by atoms with van der Waals surface area (Å²) in [6.07, 6.45) is 3.17. The zero-order valence-corrected chi connectivity index (χ0v) is 14.8. The highest BCUT2D eigenvalue weighted by Gasteiger charge is 2.03. The van der Waals surface area contributed by atoms with Gasteiger partial charge < -0.3 is 20.5 Å². The molecule has 1 aromatic rings. The summed E-state index contributed by atoms with van der Waals surface area (Å²) in [6, 6.07) is 4.69. The van der Waals surface area contributed by atoms with E-state index < -0.39 is 5.82 Å². The van der Waals surface area contributed by atoms with Gasteiger partial charge in [0.2, 0.25) is 0 Å². The van der Waals surface area contributed by atoms with E-state index in [0.717, 1.165) is 57.1 Å². The molecule has 0 aliphatic heterocycles. The first-order chi connectivity index (χ1) is 11.7. The number of unbranched alkanes of at least 4 members (excludes halogenated alkanes) is 1. The monoisotopic (exact) mass is 339 g/mol. The topological polar surface area (TPSA) is 65.9 Å². The fourth-order valence-electron chi connectivity index (χ4n) is 2.09. The average Bonchev–Trinajstić information content (AvgIpc) is 2.59. The standard InChI is InChI=1S/C18H30FN3O2/c1-3-5-10-24-11-6-9-21-18(20-4-2)22-13-15-7-8-17(19)16(12-15)14-23/h7-8,12,23H,3-6,9-11,13-14H2,1-2H3,(H2,20,21,22). The van der Waals surface area contributed by atoms with Gasteiger partial charge in [-0.1, -0.05) is 19.4 Å². The van der Waals surface area contributed by atoms with E-state index in [9.17, 15) is 4.39 Å². The van der Waals surface area contributed by atoms with Crippen molar-refractivity contribution < 1.29 is 14.2 Å². The smallest absolute Gasteiger partial charge is 0.191 e. The molecule has 0 aliphatic carbocycles. The minimum Gasteiger partial charge on any atom is -0.392 e. The summed E-state index contributed by atoms with van der Waals surface area (Å²) in [5.74, 6) is 0.333. The van der Waals surface area contributed by atoms with Gasteiger partial charge in [0.05, 0.1) is 13.2 Å². The molecule has 0 radical (unpaired) electrons. The Labute approximate surface area is 144 Å². The first-order valence-corrected chi connectivity index (χ1v) is 8.69. The molecular weight excluding hydrogens is 309 g/mol. The zero-order chi connectivity index (χ0) is 17.6. The van der Waals surface area contributed by atoms with Crippen LogP contribution in [0.4, 0.5) is 4.39 Å². The van der Waals surface area contributed by atoms with Crippen molar-refractivity contribution in [2.45, 2.75) is 46.3 Å². The van der Waals surface area contributed by atoms with Crippen molar-refractivity contribution in [3.63, 3.8) is 0 Å². The molecule has 3 N–H and O–H groups in total. The van der Waals surface area contributed by atoms with Gasteiger partial charge in [-0.3, -0.25) is 0 Å². The maximum Gasteiger partial charge on any atom is 0.191 e. The van der Waals surface area contributed by atoms with Gasteiger partial charge in [0, 0.05) is 31.9 Å².